The first kappa shape index (κ1) is 11.5. The summed E-state index contributed by atoms with van der Waals surface area (Å²) < 4.78 is 0. The second-order valence-corrected chi connectivity index (χ2v) is 6.25. The number of rotatable bonds is 0. The standard InChI is InChI=1S/C18H19/c1-17(2)15-11-7-5-9-13(15)14-10-6-8-12-16(14)18(17,3)4/h5-9,11-12H,1-4H3. The van der Waals surface area contributed by atoms with Gasteiger partial charge in [-0.3, -0.25) is 0 Å². The Kier molecular flexibility index (Phi) is 2.22. The Morgan fingerprint density at radius 1 is 0.778 bits per heavy atom. The van der Waals surface area contributed by atoms with Crippen LogP contribution in [0.5, 0.6) is 0 Å². The van der Waals surface area contributed by atoms with E-state index in [1.807, 2.05) is 6.07 Å². The summed E-state index contributed by atoms with van der Waals surface area (Å²) in [6.07, 6.45) is 0. The molecule has 0 bridgehead atoms. The first-order chi connectivity index (χ1) is 8.46. The maximum atomic E-state index is 3.44. The van der Waals surface area contributed by atoms with Crippen molar-refractivity contribution in [1.82, 2.24) is 0 Å². The van der Waals surface area contributed by atoms with Crippen LogP contribution in [0, 0.1) is 6.07 Å². The highest BCUT2D eigenvalue weighted by atomic mass is 14.5. The predicted octanol–water partition coefficient (Wildman–Crippen LogP) is 4.72. The molecule has 2 aromatic carbocycles. The van der Waals surface area contributed by atoms with E-state index in [0.717, 1.165) is 0 Å². The zero-order chi connectivity index (χ0) is 13.0. The lowest BCUT2D eigenvalue weighted by Gasteiger charge is -2.48. The molecule has 0 N–H and O–H groups in total. The molecule has 91 valence electrons. The summed E-state index contributed by atoms with van der Waals surface area (Å²) in [6.45, 7) is 9.38. The molecule has 0 saturated carbocycles. The third-order valence-corrected chi connectivity index (χ3v) is 4.96. The van der Waals surface area contributed by atoms with Crippen LogP contribution in [0.4, 0.5) is 0 Å². The van der Waals surface area contributed by atoms with Crippen LogP contribution in [0.1, 0.15) is 38.8 Å². The quantitative estimate of drug-likeness (QED) is 0.619. The molecule has 0 aliphatic heterocycles. The Morgan fingerprint density at radius 2 is 1.39 bits per heavy atom. The van der Waals surface area contributed by atoms with Gasteiger partial charge in [-0.15, -0.1) is 0 Å². The molecule has 0 spiro atoms. The minimum absolute atomic E-state index is 0.119. The van der Waals surface area contributed by atoms with Crippen molar-refractivity contribution in [3.8, 4) is 11.1 Å². The van der Waals surface area contributed by atoms with Crippen molar-refractivity contribution in [3.05, 3.63) is 59.7 Å². The highest BCUT2D eigenvalue weighted by Gasteiger charge is 2.45. The lowest BCUT2D eigenvalue weighted by Crippen LogP contribution is -2.43. The maximum Gasteiger partial charge on any atom is -0.000546 e. The SMILES string of the molecule is CC1(C)c2ccc[c]c2-c2ccccc2C1(C)C. The van der Waals surface area contributed by atoms with Crippen molar-refractivity contribution >= 4 is 0 Å². The summed E-state index contributed by atoms with van der Waals surface area (Å²) in [4.78, 5) is 0. The van der Waals surface area contributed by atoms with Crippen LogP contribution in [-0.4, -0.2) is 0 Å². The first-order valence-electron chi connectivity index (χ1n) is 6.57. The normalized spacial score (nSPS) is 18.9. The second kappa shape index (κ2) is 3.47. The zero-order valence-electron chi connectivity index (χ0n) is 11.5. The molecule has 1 radical (unpaired) electrons. The van der Waals surface area contributed by atoms with Gasteiger partial charge in [0.15, 0.2) is 0 Å². The van der Waals surface area contributed by atoms with Gasteiger partial charge in [0, 0.05) is 0 Å². The molecule has 0 amide bonds. The number of hydrogen-bond donors (Lipinski definition) is 0. The molecule has 1 aliphatic carbocycles. The Balaban J connectivity index is 2.43. The van der Waals surface area contributed by atoms with E-state index in [1.165, 1.54) is 22.3 Å². The molecule has 0 heterocycles. The molecule has 0 atom stereocenters. The highest BCUT2D eigenvalue weighted by molar-refractivity contribution is 5.76. The van der Waals surface area contributed by atoms with Gasteiger partial charge in [0.1, 0.15) is 0 Å². The summed E-state index contributed by atoms with van der Waals surface area (Å²) in [5.41, 5.74) is 5.72. The molecule has 3 rings (SSSR count). The van der Waals surface area contributed by atoms with Gasteiger partial charge in [0.25, 0.3) is 0 Å². The zero-order valence-corrected chi connectivity index (χ0v) is 11.5. The van der Waals surface area contributed by atoms with Crippen LogP contribution >= 0.6 is 0 Å². The van der Waals surface area contributed by atoms with Crippen molar-refractivity contribution in [1.29, 1.82) is 0 Å². The lowest BCUT2D eigenvalue weighted by atomic mass is 9.55. The largest absolute Gasteiger partial charge is 0.0619 e. The van der Waals surface area contributed by atoms with Crippen LogP contribution in [0.15, 0.2) is 42.5 Å². The van der Waals surface area contributed by atoms with E-state index in [2.05, 4.69) is 70.2 Å². The molecule has 0 aromatic heterocycles. The van der Waals surface area contributed by atoms with Gasteiger partial charge in [-0.25, -0.2) is 0 Å². The Bertz CT molecular complexity index is 547. The minimum Gasteiger partial charge on any atom is -0.0619 e. The fraction of sp³-hybridized carbons (Fsp3) is 0.333. The fourth-order valence-corrected chi connectivity index (χ4v) is 3.10. The average molecular weight is 235 g/mol. The molecule has 18 heavy (non-hydrogen) atoms. The molecular formula is C18H19. The Morgan fingerprint density at radius 3 is 2.17 bits per heavy atom. The van der Waals surface area contributed by atoms with Crippen LogP contribution in [0.25, 0.3) is 11.1 Å². The second-order valence-electron chi connectivity index (χ2n) is 6.25. The van der Waals surface area contributed by atoms with E-state index >= 15 is 0 Å². The molecule has 0 unspecified atom stereocenters. The van der Waals surface area contributed by atoms with Crippen molar-refractivity contribution in [2.45, 2.75) is 38.5 Å². The van der Waals surface area contributed by atoms with Crippen molar-refractivity contribution < 1.29 is 0 Å². The van der Waals surface area contributed by atoms with Crippen LogP contribution < -0.4 is 0 Å². The number of benzene rings is 2. The first-order valence-corrected chi connectivity index (χ1v) is 6.57. The van der Waals surface area contributed by atoms with E-state index in [9.17, 15) is 0 Å². The third-order valence-electron chi connectivity index (χ3n) is 4.96. The van der Waals surface area contributed by atoms with Gasteiger partial charge in [-0.05, 0) is 39.2 Å². The molecule has 0 saturated heterocycles. The predicted molar refractivity (Wildman–Crippen MR) is 76.8 cm³/mol. The summed E-state index contributed by atoms with van der Waals surface area (Å²) in [5.74, 6) is 0. The molecule has 2 aromatic rings. The van der Waals surface area contributed by atoms with E-state index in [-0.39, 0.29) is 10.8 Å². The molecular weight excluding hydrogens is 216 g/mol. The van der Waals surface area contributed by atoms with Gasteiger partial charge in [-0.1, -0.05) is 70.2 Å². The van der Waals surface area contributed by atoms with E-state index in [0.29, 0.717) is 0 Å². The van der Waals surface area contributed by atoms with E-state index in [1.54, 1.807) is 0 Å². The lowest BCUT2D eigenvalue weighted by molar-refractivity contribution is 0.299. The smallest absolute Gasteiger partial charge is 0.000546 e. The van der Waals surface area contributed by atoms with Gasteiger partial charge in [-0.2, -0.15) is 0 Å². The van der Waals surface area contributed by atoms with Gasteiger partial charge in [0.2, 0.25) is 0 Å². The summed E-state index contributed by atoms with van der Waals surface area (Å²) in [6, 6.07) is 18.6. The number of fused-ring (bicyclic) bond motifs is 3. The van der Waals surface area contributed by atoms with Crippen LogP contribution in [0.2, 0.25) is 0 Å². The number of hydrogen-bond acceptors (Lipinski definition) is 0. The monoisotopic (exact) mass is 235 g/mol. The van der Waals surface area contributed by atoms with Gasteiger partial charge >= 0.3 is 0 Å². The molecule has 0 heteroatoms. The molecule has 0 fully saturated rings. The van der Waals surface area contributed by atoms with Crippen LogP contribution in [0.3, 0.4) is 0 Å². The summed E-state index contributed by atoms with van der Waals surface area (Å²) >= 11 is 0. The van der Waals surface area contributed by atoms with E-state index in [4.69, 9.17) is 0 Å². The minimum atomic E-state index is 0.119. The van der Waals surface area contributed by atoms with Gasteiger partial charge in [0.05, 0.1) is 0 Å². The average Bonchev–Trinajstić information content (AvgIpc) is 2.37. The van der Waals surface area contributed by atoms with E-state index < -0.39 is 0 Å². The Hall–Kier alpha value is -1.56. The topological polar surface area (TPSA) is 0 Å². The highest BCUT2D eigenvalue weighted by Crippen LogP contribution is 2.53. The van der Waals surface area contributed by atoms with Gasteiger partial charge < -0.3 is 0 Å². The summed E-state index contributed by atoms with van der Waals surface area (Å²) in [5, 5.41) is 0. The molecule has 1 aliphatic rings. The van der Waals surface area contributed by atoms with Crippen molar-refractivity contribution in [2.75, 3.05) is 0 Å². The van der Waals surface area contributed by atoms with Crippen molar-refractivity contribution in [3.63, 3.8) is 0 Å². The molecule has 0 nitrogen and oxygen atoms in total. The maximum absolute atomic E-state index is 3.44. The Labute approximate surface area is 110 Å². The van der Waals surface area contributed by atoms with Crippen LogP contribution in [-0.2, 0) is 10.8 Å². The van der Waals surface area contributed by atoms with Crippen molar-refractivity contribution in [2.24, 2.45) is 0 Å². The fourth-order valence-electron chi connectivity index (χ4n) is 3.10. The third kappa shape index (κ3) is 1.26. The summed E-state index contributed by atoms with van der Waals surface area (Å²) in [7, 11) is 0.